The summed E-state index contributed by atoms with van der Waals surface area (Å²) in [5.74, 6) is -2.28. The van der Waals surface area contributed by atoms with Gasteiger partial charge < -0.3 is 4.74 Å². The molecule has 0 heterocycles. The van der Waals surface area contributed by atoms with E-state index < -0.39 is 30.0 Å². The van der Waals surface area contributed by atoms with Crippen molar-refractivity contribution >= 4 is 11.8 Å². The van der Waals surface area contributed by atoms with Crippen LogP contribution in [0.25, 0.3) is 0 Å². The van der Waals surface area contributed by atoms with E-state index in [2.05, 4.69) is 0 Å². The minimum absolute atomic E-state index is 0.0249. The van der Waals surface area contributed by atoms with Crippen molar-refractivity contribution in [2.75, 3.05) is 6.61 Å². The van der Waals surface area contributed by atoms with Gasteiger partial charge in [-0.25, -0.2) is 13.6 Å². The van der Waals surface area contributed by atoms with Crippen molar-refractivity contribution in [3.8, 4) is 0 Å². The minimum atomic E-state index is -0.792. The number of carbonyl (C=O) groups excluding carboxylic acids is 2. The van der Waals surface area contributed by atoms with Crippen molar-refractivity contribution in [1.29, 1.82) is 0 Å². The molecule has 2 aromatic carbocycles. The lowest BCUT2D eigenvalue weighted by Crippen LogP contribution is -2.14. The van der Waals surface area contributed by atoms with E-state index in [1.54, 1.807) is 0 Å². The van der Waals surface area contributed by atoms with Gasteiger partial charge in [-0.15, -0.1) is 0 Å². The Bertz CT molecular complexity index is 636. The lowest BCUT2D eigenvalue weighted by atomic mass is 10.1. The highest BCUT2D eigenvalue weighted by Crippen LogP contribution is 2.07. The molecule has 0 atom stereocenters. The normalized spacial score (nSPS) is 10.1. The standard InChI is InChI=1S/C15H10F2O3/c16-12-6-4-10(5-7-12)14(18)9-20-15(19)11-2-1-3-13(17)8-11/h1-8H,9H2. The van der Waals surface area contributed by atoms with Gasteiger partial charge in [0, 0.05) is 5.56 Å². The molecule has 0 aromatic heterocycles. The van der Waals surface area contributed by atoms with E-state index in [0.29, 0.717) is 0 Å². The van der Waals surface area contributed by atoms with Gasteiger partial charge in [0.2, 0.25) is 0 Å². The molecule has 0 saturated carbocycles. The van der Waals surface area contributed by atoms with Gasteiger partial charge in [-0.05, 0) is 42.5 Å². The van der Waals surface area contributed by atoms with Crippen molar-refractivity contribution in [3.05, 3.63) is 71.3 Å². The Morgan fingerprint density at radius 1 is 0.900 bits per heavy atom. The number of ketones is 1. The monoisotopic (exact) mass is 276 g/mol. The van der Waals surface area contributed by atoms with E-state index in [9.17, 15) is 18.4 Å². The lowest BCUT2D eigenvalue weighted by Gasteiger charge is -2.04. The number of halogens is 2. The van der Waals surface area contributed by atoms with Gasteiger partial charge >= 0.3 is 5.97 Å². The van der Waals surface area contributed by atoms with Gasteiger partial charge in [0.05, 0.1) is 5.56 Å². The Labute approximate surface area is 113 Å². The summed E-state index contributed by atoms with van der Waals surface area (Å²) in [6, 6.07) is 9.84. The van der Waals surface area contributed by atoms with E-state index in [4.69, 9.17) is 4.74 Å². The van der Waals surface area contributed by atoms with Crippen molar-refractivity contribution in [1.82, 2.24) is 0 Å². The maximum Gasteiger partial charge on any atom is 0.338 e. The molecule has 0 aliphatic rings. The van der Waals surface area contributed by atoms with Crippen LogP contribution in [0.1, 0.15) is 20.7 Å². The van der Waals surface area contributed by atoms with Crippen LogP contribution < -0.4 is 0 Å². The highest BCUT2D eigenvalue weighted by molar-refractivity contribution is 5.99. The van der Waals surface area contributed by atoms with Crippen molar-refractivity contribution in [2.24, 2.45) is 0 Å². The van der Waals surface area contributed by atoms with E-state index in [0.717, 1.165) is 18.2 Å². The molecule has 0 radical (unpaired) electrons. The van der Waals surface area contributed by atoms with Crippen LogP contribution in [0, 0.1) is 11.6 Å². The number of hydrogen-bond donors (Lipinski definition) is 0. The molecule has 2 aromatic rings. The summed E-state index contributed by atoms with van der Waals surface area (Å²) in [5.41, 5.74) is 0.260. The van der Waals surface area contributed by atoms with E-state index in [1.165, 1.54) is 30.3 Å². The molecule has 0 spiro atoms. The Kier molecular flexibility index (Phi) is 4.20. The van der Waals surface area contributed by atoms with E-state index >= 15 is 0 Å². The lowest BCUT2D eigenvalue weighted by molar-refractivity contribution is 0.0474. The number of esters is 1. The Hall–Kier alpha value is -2.56. The van der Waals surface area contributed by atoms with Crippen LogP contribution in [0.2, 0.25) is 0 Å². The minimum Gasteiger partial charge on any atom is -0.454 e. The third-order valence-corrected chi connectivity index (χ3v) is 2.56. The van der Waals surface area contributed by atoms with Gasteiger partial charge in [-0.2, -0.15) is 0 Å². The number of hydrogen-bond acceptors (Lipinski definition) is 3. The molecule has 0 aliphatic carbocycles. The Morgan fingerprint density at radius 2 is 1.60 bits per heavy atom. The number of Topliss-reactive ketones (excluding diaryl/α,β-unsaturated/α-hetero) is 1. The second-order valence-corrected chi connectivity index (χ2v) is 4.02. The number of ether oxygens (including phenoxy) is 1. The van der Waals surface area contributed by atoms with Crippen LogP contribution >= 0.6 is 0 Å². The number of rotatable bonds is 4. The first-order valence-electron chi connectivity index (χ1n) is 5.78. The molecule has 0 saturated heterocycles. The van der Waals surface area contributed by atoms with Crippen LogP contribution in [0.5, 0.6) is 0 Å². The second-order valence-electron chi connectivity index (χ2n) is 4.02. The van der Waals surface area contributed by atoms with Crippen LogP contribution in [-0.4, -0.2) is 18.4 Å². The topological polar surface area (TPSA) is 43.4 Å². The molecule has 0 unspecified atom stereocenters. The van der Waals surface area contributed by atoms with Crippen LogP contribution in [-0.2, 0) is 4.74 Å². The molecule has 0 N–H and O–H groups in total. The average Bonchev–Trinajstić information content (AvgIpc) is 2.45. The molecule has 0 aliphatic heterocycles. The first-order valence-corrected chi connectivity index (χ1v) is 5.78. The maximum absolute atomic E-state index is 12.9. The van der Waals surface area contributed by atoms with Gasteiger partial charge in [0.15, 0.2) is 12.4 Å². The van der Waals surface area contributed by atoms with E-state index in [1.807, 2.05) is 0 Å². The first-order chi connectivity index (χ1) is 9.56. The molecular weight excluding hydrogens is 266 g/mol. The highest BCUT2D eigenvalue weighted by atomic mass is 19.1. The predicted molar refractivity (Wildman–Crippen MR) is 67.4 cm³/mol. The molecule has 2 rings (SSSR count). The smallest absolute Gasteiger partial charge is 0.338 e. The molecular formula is C15H10F2O3. The summed E-state index contributed by atoms with van der Waals surface area (Å²) in [6.45, 7) is -0.485. The fourth-order valence-corrected chi connectivity index (χ4v) is 1.55. The zero-order chi connectivity index (χ0) is 14.5. The molecule has 0 fully saturated rings. The highest BCUT2D eigenvalue weighted by Gasteiger charge is 2.12. The Balaban J connectivity index is 1.96. The molecule has 102 valence electrons. The second kappa shape index (κ2) is 6.06. The maximum atomic E-state index is 12.9. The van der Waals surface area contributed by atoms with Gasteiger partial charge in [-0.3, -0.25) is 4.79 Å². The molecule has 0 amide bonds. The predicted octanol–water partition coefficient (Wildman–Crippen LogP) is 3.00. The zero-order valence-corrected chi connectivity index (χ0v) is 10.3. The SMILES string of the molecule is O=C(COC(=O)c1cccc(F)c1)c1ccc(F)cc1. The van der Waals surface area contributed by atoms with Crippen molar-refractivity contribution < 1.29 is 23.1 Å². The molecule has 3 nitrogen and oxygen atoms in total. The summed E-state index contributed by atoms with van der Waals surface area (Å²) < 4.78 is 30.4. The van der Waals surface area contributed by atoms with Crippen LogP contribution in [0.15, 0.2) is 48.5 Å². The van der Waals surface area contributed by atoms with Crippen molar-refractivity contribution in [3.63, 3.8) is 0 Å². The summed E-state index contributed by atoms with van der Waals surface area (Å²) >= 11 is 0. The first kappa shape index (κ1) is 13.9. The molecule has 0 bridgehead atoms. The van der Waals surface area contributed by atoms with Gasteiger partial charge in [0.1, 0.15) is 11.6 Å². The van der Waals surface area contributed by atoms with Gasteiger partial charge in [-0.1, -0.05) is 6.07 Å². The molecule has 20 heavy (non-hydrogen) atoms. The zero-order valence-electron chi connectivity index (χ0n) is 10.3. The van der Waals surface area contributed by atoms with Crippen molar-refractivity contribution in [2.45, 2.75) is 0 Å². The quantitative estimate of drug-likeness (QED) is 0.637. The van der Waals surface area contributed by atoms with E-state index in [-0.39, 0.29) is 11.1 Å². The number of benzene rings is 2. The third kappa shape index (κ3) is 3.47. The number of carbonyl (C=O) groups is 2. The summed E-state index contributed by atoms with van der Waals surface area (Å²) in [6.07, 6.45) is 0. The summed E-state index contributed by atoms with van der Waals surface area (Å²) in [4.78, 5) is 23.3. The van der Waals surface area contributed by atoms with Gasteiger partial charge in [0.25, 0.3) is 0 Å². The fourth-order valence-electron chi connectivity index (χ4n) is 1.55. The Morgan fingerprint density at radius 3 is 2.25 bits per heavy atom. The fraction of sp³-hybridized carbons (Fsp3) is 0.0667. The third-order valence-electron chi connectivity index (χ3n) is 2.56. The van der Waals surface area contributed by atoms with Crippen LogP contribution in [0.4, 0.5) is 8.78 Å². The van der Waals surface area contributed by atoms with Crippen LogP contribution in [0.3, 0.4) is 0 Å². The average molecular weight is 276 g/mol. The molecule has 5 heteroatoms. The largest absolute Gasteiger partial charge is 0.454 e. The summed E-state index contributed by atoms with van der Waals surface area (Å²) in [7, 11) is 0. The summed E-state index contributed by atoms with van der Waals surface area (Å²) in [5, 5.41) is 0.